The summed E-state index contributed by atoms with van der Waals surface area (Å²) in [6.07, 6.45) is 0. The Balaban J connectivity index is 1.55. The van der Waals surface area contributed by atoms with E-state index < -0.39 is 5.41 Å². The lowest BCUT2D eigenvalue weighted by Gasteiger charge is -2.43. The van der Waals surface area contributed by atoms with Crippen LogP contribution >= 0.6 is 0 Å². The second-order valence-electron chi connectivity index (χ2n) is 11.3. The van der Waals surface area contributed by atoms with Gasteiger partial charge in [0.1, 0.15) is 0 Å². The molecule has 0 amide bonds. The highest BCUT2D eigenvalue weighted by Gasteiger charge is 2.44. The number of hydrogen-bond acceptors (Lipinski definition) is 1. The average molecular weight is 527 g/mol. The Morgan fingerprint density at radius 3 is 1.76 bits per heavy atom. The number of nitrogens with one attached hydrogen (secondary N) is 1. The number of benzene rings is 6. The lowest BCUT2D eigenvalue weighted by Crippen LogP contribution is -2.35. The van der Waals surface area contributed by atoms with Crippen LogP contribution in [0.1, 0.15) is 33.4 Å². The number of hydrogen-bond donors (Lipinski definition) is 1. The number of aromatic nitrogens is 1. The molecule has 0 saturated carbocycles. The van der Waals surface area contributed by atoms with Crippen molar-refractivity contribution >= 4 is 33.2 Å². The number of para-hydroxylation sites is 2. The van der Waals surface area contributed by atoms with E-state index in [1.165, 1.54) is 60.9 Å². The molecule has 0 atom stereocenters. The molecule has 2 nitrogen and oxygen atoms in total. The number of anilines is 2. The Morgan fingerprint density at radius 2 is 1.07 bits per heavy atom. The lowest BCUT2D eigenvalue weighted by molar-refractivity contribution is 0.739. The third kappa shape index (κ3) is 3.44. The summed E-state index contributed by atoms with van der Waals surface area (Å²) >= 11 is 0. The molecule has 0 radical (unpaired) electrons. The monoisotopic (exact) mass is 526 g/mol. The van der Waals surface area contributed by atoms with E-state index in [4.69, 9.17) is 0 Å². The van der Waals surface area contributed by atoms with Crippen molar-refractivity contribution in [3.8, 4) is 5.69 Å². The van der Waals surface area contributed by atoms with E-state index in [-0.39, 0.29) is 0 Å². The van der Waals surface area contributed by atoms with Crippen molar-refractivity contribution in [1.29, 1.82) is 0 Å². The molecule has 1 N–H and O–H groups in total. The number of rotatable bonds is 3. The SMILES string of the molecule is Cc1ccc2c(c1)C(c1ccccc1)(c1ccc3c4ccccc4n(-c4ccccc4)c3c1)c1cc(C)ccc1N2. The van der Waals surface area contributed by atoms with Crippen molar-refractivity contribution in [3.05, 3.63) is 173 Å². The number of nitrogens with zero attached hydrogens (tertiary/aromatic N) is 1. The molecule has 6 aromatic carbocycles. The molecule has 0 aliphatic carbocycles. The summed E-state index contributed by atoms with van der Waals surface area (Å²) < 4.78 is 2.42. The van der Waals surface area contributed by atoms with Crippen molar-refractivity contribution in [2.45, 2.75) is 19.3 Å². The summed E-state index contributed by atoms with van der Waals surface area (Å²) in [6.45, 7) is 4.39. The molecular weight excluding hydrogens is 496 g/mol. The minimum absolute atomic E-state index is 0.499. The van der Waals surface area contributed by atoms with E-state index >= 15 is 0 Å². The van der Waals surface area contributed by atoms with E-state index in [0.717, 1.165) is 11.4 Å². The molecule has 0 fully saturated rings. The van der Waals surface area contributed by atoms with Gasteiger partial charge in [-0.3, -0.25) is 0 Å². The summed E-state index contributed by atoms with van der Waals surface area (Å²) in [6, 6.07) is 51.3. The molecule has 1 aliphatic rings. The summed E-state index contributed by atoms with van der Waals surface area (Å²) in [4.78, 5) is 0. The van der Waals surface area contributed by atoms with Gasteiger partial charge in [-0.25, -0.2) is 0 Å². The fourth-order valence-electron chi connectivity index (χ4n) is 6.98. The van der Waals surface area contributed by atoms with E-state index in [9.17, 15) is 0 Å². The molecule has 0 unspecified atom stereocenters. The van der Waals surface area contributed by atoms with Gasteiger partial charge in [0.2, 0.25) is 0 Å². The zero-order chi connectivity index (χ0) is 27.6. The molecule has 0 saturated heterocycles. The summed E-state index contributed by atoms with van der Waals surface area (Å²) in [5, 5.41) is 6.31. The molecule has 41 heavy (non-hydrogen) atoms. The fourth-order valence-corrected chi connectivity index (χ4v) is 6.98. The molecule has 2 heterocycles. The van der Waals surface area contributed by atoms with Crippen LogP contribution in [0.4, 0.5) is 11.4 Å². The van der Waals surface area contributed by atoms with Crippen molar-refractivity contribution in [1.82, 2.24) is 4.57 Å². The van der Waals surface area contributed by atoms with Gasteiger partial charge in [0, 0.05) is 27.8 Å². The molecular formula is C39H30N2. The highest BCUT2D eigenvalue weighted by Crippen LogP contribution is 2.54. The quantitative estimate of drug-likeness (QED) is 0.242. The average Bonchev–Trinajstić information content (AvgIpc) is 3.35. The van der Waals surface area contributed by atoms with E-state index in [0.29, 0.717) is 0 Å². The van der Waals surface area contributed by atoms with E-state index in [1.54, 1.807) is 0 Å². The molecule has 0 bridgehead atoms. The van der Waals surface area contributed by atoms with Gasteiger partial charge < -0.3 is 9.88 Å². The van der Waals surface area contributed by atoms with Crippen LogP contribution in [0, 0.1) is 13.8 Å². The van der Waals surface area contributed by atoms with Crippen LogP contribution in [0.5, 0.6) is 0 Å². The zero-order valence-electron chi connectivity index (χ0n) is 23.2. The number of fused-ring (bicyclic) bond motifs is 5. The van der Waals surface area contributed by atoms with Crippen molar-refractivity contribution in [2.24, 2.45) is 0 Å². The normalized spacial score (nSPS) is 13.5. The van der Waals surface area contributed by atoms with Crippen LogP contribution in [-0.2, 0) is 5.41 Å². The van der Waals surface area contributed by atoms with Gasteiger partial charge in [-0.1, -0.05) is 114 Å². The summed E-state index contributed by atoms with van der Waals surface area (Å²) in [7, 11) is 0. The third-order valence-electron chi connectivity index (χ3n) is 8.76. The van der Waals surface area contributed by atoms with Gasteiger partial charge in [0.05, 0.1) is 16.4 Å². The van der Waals surface area contributed by atoms with E-state index in [2.05, 4.69) is 163 Å². The van der Waals surface area contributed by atoms with Gasteiger partial charge in [-0.2, -0.15) is 0 Å². The van der Waals surface area contributed by atoms with Crippen LogP contribution < -0.4 is 5.32 Å². The molecule has 1 aromatic heterocycles. The Morgan fingerprint density at radius 1 is 0.488 bits per heavy atom. The van der Waals surface area contributed by atoms with Crippen LogP contribution in [0.15, 0.2) is 140 Å². The molecule has 2 heteroatoms. The van der Waals surface area contributed by atoms with Crippen LogP contribution in [0.25, 0.3) is 27.5 Å². The minimum Gasteiger partial charge on any atom is -0.355 e. The van der Waals surface area contributed by atoms with Crippen LogP contribution in [0.3, 0.4) is 0 Å². The van der Waals surface area contributed by atoms with Gasteiger partial charge in [0.15, 0.2) is 0 Å². The smallest absolute Gasteiger partial charge is 0.0742 e. The minimum atomic E-state index is -0.499. The van der Waals surface area contributed by atoms with Crippen molar-refractivity contribution < 1.29 is 0 Å². The van der Waals surface area contributed by atoms with Crippen molar-refractivity contribution in [3.63, 3.8) is 0 Å². The molecule has 1 aliphatic heterocycles. The summed E-state index contributed by atoms with van der Waals surface area (Å²) in [5.74, 6) is 0. The van der Waals surface area contributed by atoms with Gasteiger partial charge in [0.25, 0.3) is 0 Å². The first-order valence-corrected chi connectivity index (χ1v) is 14.3. The topological polar surface area (TPSA) is 17.0 Å². The predicted molar refractivity (Wildman–Crippen MR) is 172 cm³/mol. The summed E-state index contributed by atoms with van der Waals surface area (Å²) in [5.41, 5.74) is 13.0. The van der Waals surface area contributed by atoms with Gasteiger partial charge in [-0.15, -0.1) is 0 Å². The molecule has 196 valence electrons. The maximum absolute atomic E-state index is 3.78. The maximum Gasteiger partial charge on any atom is 0.0742 e. The van der Waals surface area contributed by atoms with Gasteiger partial charge >= 0.3 is 0 Å². The Bertz CT molecular complexity index is 2030. The Hall–Kier alpha value is -5.08. The van der Waals surface area contributed by atoms with Gasteiger partial charge in [-0.05, 0) is 72.5 Å². The first kappa shape index (κ1) is 23.8. The zero-order valence-corrected chi connectivity index (χ0v) is 23.2. The Kier molecular flexibility index (Phi) is 5.20. The second kappa shape index (κ2) is 8.97. The predicted octanol–water partition coefficient (Wildman–Crippen LogP) is 9.84. The highest BCUT2D eigenvalue weighted by molar-refractivity contribution is 6.09. The largest absolute Gasteiger partial charge is 0.355 e. The van der Waals surface area contributed by atoms with E-state index in [1.807, 2.05) is 0 Å². The molecule has 8 rings (SSSR count). The first-order chi connectivity index (χ1) is 20.1. The second-order valence-corrected chi connectivity index (χ2v) is 11.3. The standard InChI is InChI=1S/C39H30N2/c1-26-17-21-35-33(23-26)39(28-11-5-3-6-12-28,34-24-27(2)18-22-36(34)40-35)29-19-20-32-31-15-9-10-16-37(31)41(38(32)25-29)30-13-7-4-8-14-30/h3-25,40H,1-2H3. The van der Waals surface area contributed by atoms with Crippen molar-refractivity contribution in [2.75, 3.05) is 5.32 Å². The number of aryl methyl sites for hydroxylation is 2. The molecule has 0 spiro atoms. The first-order valence-electron chi connectivity index (χ1n) is 14.3. The third-order valence-corrected chi connectivity index (χ3v) is 8.76. The van der Waals surface area contributed by atoms with Crippen LogP contribution in [0.2, 0.25) is 0 Å². The van der Waals surface area contributed by atoms with Crippen LogP contribution in [-0.4, -0.2) is 4.57 Å². The Labute approximate surface area is 240 Å². The highest BCUT2D eigenvalue weighted by atomic mass is 15.0. The molecule has 7 aromatic rings. The lowest BCUT2D eigenvalue weighted by atomic mass is 9.62. The maximum atomic E-state index is 3.78. The fraction of sp³-hybridized carbons (Fsp3) is 0.0769.